The van der Waals surface area contributed by atoms with Crippen LogP contribution in [0.5, 0.6) is 0 Å². The quantitative estimate of drug-likeness (QED) is 0.202. The van der Waals surface area contributed by atoms with Gasteiger partial charge in [-0.3, -0.25) is 0 Å². The third-order valence-corrected chi connectivity index (χ3v) is 0.593. The molecule has 0 aliphatic heterocycles. The highest BCUT2D eigenvalue weighted by Gasteiger charge is 1.76. The van der Waals surface area contributed by atoms with Crippen molar-refractivity contribution in [2.24, 2.45) is 10.9 Å². The molecule has 4 nitrogen and oxygen atoms in total. The summed E-state index contributed by atoms with van der Waals surface area (Å²) in [6.07, 6.45) is 1.47. The Bertz CT molecular complexity index is 60.0. The molecule has 3 N–H and O–H groups in total. The maximum Gasteiger partial charge on any atom is 0.124 e. The molecule has 0 aromatic heterocycles. The summed E-state index contributed by atoms with van der Waals surface area (Å²) in [4.78, 5) is 0. The van der Waals surface area contributed by atoms with Gasteiger partial charge in [-0.2, -0.15) is 5.10 Å². The van der Waals surface area contributed by atoms with Crippen molar-refractivity contribution in [2.45, 2.75) is 0 Å². The molecule has 0 amide bonds. The van der Waals surface area contributed by atoms with Crippen molar-refractivity contribution in [2.75, 3.05) is 14.1 Å². The fraction of sp³-hybridized carbons (Fsp3) is 0.667. The summed E-state index contributed by atoms with van der Waals surface area (Å²) in [7, 11) is 3.58. The normalized spacial score (nSPS) is 10.0. The van der Waals surface area contributed by atoms with E-state index < -0.39 is 0 Å². The van der Waals surface area contributed by atoms with Crippen LogP contribution in [0, 0.1) is 0 Å². The Morgan fingerprint density at radius 2 is 2.43 bits per heavy atom. The van der Waals surface area contributed by atoms with Crippen LogP contribution in [0.2, 0.25) is 0 Å². The van der Waals surface area contributed by atoms with Gasteiger partial charge in [0.05, 0.1) is 0 Å². The van der Waals surface area contributed by atoms with Crippen molar-refractivity contribution in [3.05, 3.63) is 0 Å². The molecule has 0 saturated heterocycles. The lowest BCUT2D eigenvalue weighted by Gasteiger charge is -2.07. The maximum absolute atomic E-state index is 4.79. The zero-order valence-corrected chi connectivity index (χ0v) is 4.55. The Hall–Kier alpha value is -0.770. The molecule has 0 aromatic rings. The van der Waals surface area contributed by atoms with Crippen LogP contribution in [0.25, 0.3) is 0 Å². The van der Waals surface area contributed by atoms with E-state index in [1.165, 1.54) is 6.34 Å². The summed E-state index contributed by atoms with van der Waals surface area (Å²) >= 11 is 0. The number of hydrogen-bond acceptors (Lipinski definition) is 3. The van der Waals surface area contributed by atoms with E-state index in [0.29, 0.717) is 0 Å². The van der Waals surface area contributed by atoms with Gasteiger partial charge in [0.25, 0.3) is 0 Å². The maximum atomic E-state index is 4.79. The fourth-order valence-electron chi connectivity index (χ4n) is 0.158. The molecule has 0 saturated carbocycles. The number of nitrogens with two attached hydrogens (primary N) is 1. The van der Waals surface area contributed by atoms with E-state index in [-0.39, 0.29) is 0 Å². The Morgan fingerprint density at radius 1 is 1.86 bits per heavy atom. The Morgan fingerprint density at radius 3 is 2.57 bits per heavy atom. The molecular weight excluding hydrogens is 92.1 g/mol. The number of hydrazone groups is 1. The third kappa shape index (κ3) is 3.05. The van der Waals surface area contributed by atoms with E-state index in [0.717, 1.165) is 0 Å². The summed E-state index contributed by atoms with van der Waals surface area (Å²) < 4.78 is 0. The smallest absolute Gasteiger partial charge is 0.124 e. The molecule has 0 spiro atoms. The minimum absolute atomic E-state index is 1.47. The monoisotopic (exact) mass is 102 g/mol. The van der Waals surface area contributed by atoms with Crippen LogP contribution < -0.4 is 11.3 Å². The first-order chi connectivity index (χ1) is 3.31. The standard InChI is InChI=1S/C3H10N4/c1-5-7(2)3-6-4/h3,5H,4H2,1-2H3/b6-3-. The van der Waals surface area contributed by atoms with Gasteiger partial charge in [-0.15, -0.1) is 0 Å². The largest absolute Gasteiger partial charge is 0.322 e. The molecule has 7 heavy (non-hydrogen) atoms. The van der Waals surface area contributed by atoms with Gasteiger partial charge in [0.1, 0.15) is 6.34 Å². The van der Waals surface area contributed by atoms with Gasteiger partial charge >= 0.3 is 0 Å². The van der Waals surface area contributed by atoms with Crippen LogP contribution in [0.1, 0.15) is 0 Å². The molecule has 4 heteroatoms. The van der Waals surface area contributed by atoms with Crippen molar-refractivity contribution in [1.29, 1.82) is 0 Å². The van der Waals surface area contributed by atoms with Crippen molar-refractivity contribution < 1.29 is 0 Å². The molecule has 0 rings (SSSR count). The molecule has 0 radical (unpaired) electrons. The Balaban J connectivity index is 3.16. The van der Waals surface area contributed by atoms with Crippen molar-refractivity contribution in [3.63, 3.8) is 0 Å². The van der Waals surface area contributed by atoms with Crippen LogP contribution in [0.15, 0.2) is 5.10 Å². The average molecular weight is 102 g/mol. The first-order valence-electron chi connectivity index (χ1n) is 1.95. The lowest BCUT2D eigenvalue weighted by atomic mass is 11.1. The second kappa shape index (κ2) is 3.42. The van der Waals surface area contributed by atoms with Crippen molar-refractivity contribution >= 4 is 6.34 Å². The highest BCUT2D eigenvalue weighted by molar-refractivity contribution is 5.52. The molecule has 0 aliphatic carbocycles. The van der Waals surface area contributed by atoms with Gasteiger partial charge in [-0.25, -0.2) is 5.43 Å². The van der Waals surface area contributed by atoms with Crippen LogP contribution in [-0.2, 0) is 0 Å². The molecule has 0 atom stereocenters. The van der Waals surface area contributed by atoms with Crippen LogP contribution in [0.4, 0.5) is 0 Å². The lowest BCUT2D eigenvalue weighted by molar-refractivity contribution is 0.421. The van der Waals surface area contributed by atoms with E-state index in [9.17, 15) is 0 Å². The van der Waals surface area contributed by atoms with Crippen LogP contribution in [0.3, 0.4) is 0 Å². The highest BCUT2D eigenvalue weighted by Crippen LogP contribution is 1.57. The lowest BCUT2D eigenvalue weighted by Crippen LogP contribution is -2.29. The second-order valence-electron chi connectivity index (χ2n) is 1.10. The molecule has 42 valence electrons. The number of hydrazine groups is 1. The summed E-state index contributed by atoms with van der Waals surface area (Å²) in [6.45, 7) is 0. The first-order valence-corrected chi connectivity index (χ1v) is 1.95. The predicted octanol–water partition coefficient (Wildman–Crippen LogP) is -1.05. The van der Waals surface area contributed by atoms with Crippen LogP contribution in [-0.4, -0.2) is 25.4 Å². The zero-order chi connectivity index (χ0) is 5.70. The van der Waals surface area contributed by atoms with Gasteiger partial charge in [0.2, 0.25) is 0 Å². The molecule has 0 heterocycles. The number of nitrogens with zero attached hydrogens (tertiary/aromatic N) is 2. The summed E-state index contributed by atoms with van der Waals surface area (Å²) in [5, 5.41) is 4.88. The minimum Gasteiger partial charge on any atom is -0.322 e. The summed E-state index contributed by atoms with van der Waals surface area (Å²) in [6, 6.07) is 0. The van der Waals surface area contributed by atoms with Crippen molar-refractivity contribution in [3.8, 4) is 0 Å². The molecule has 0 fully saturated rings. The number of rotatable bonds is 2. The SMILES string of the molecule is CNN(C)/C=N\N. The van der Waals surface area contributed by atoms with E-state index >= 15 is 0 Å². The Kier molecular flexibility index (Phi) is 3.04. The molecule has 0 aliphatic rings. The third-order valence-electron chi connectivity index (χ3n) is 0.593. The highest BCUT2D eigenvalue weighted by atomic mass is 15.5. The first kappa shape index (κ1) is 6.23. The summed E-state index contributed by atoms with van der Waals surface area (Å²) in [5.41, 5.74) is 2.77. The topological polar surface area (TPSA) is 53.6 Å². The Labute approximate surface area is 43.0 Å². The predicted molar refractivity (Wildman–Crippen MR) is 29.5 cm³/mol. The van der Waals surface area contributed by atoms with E-state index in [4.69, 9.17) is 5.84 Å². The van der Waals surface area contributed by atoms with E-state index in [1.807, 2.05) is 0 Å². The molecular formula is C3H10N4. The summed E-state index contributed by atoms with van der Waals surface area (Å²) in [5.74, 6) is 4.79. The average Bonchev–Trinajstić information content (AvgIpc) is 1.68. The number of hydrogen-bond donors (Lipinski definition) is 2. The van der Waals surface area contributed by atoms with E-state index in [2.05, 4.69) is 10.5 Å². The molecule has 0 unspecified atom stereocenters. The van der Waals surface area contributed by atoms with Gasteiger partial charge in [0.15, 0.2) is 0 Å². The molecule has 0 bridgehead atoms. The fourth-order valence-corrected chi connectivity index (χ4v) is 0.158. The van der Waals surface area contributed by atoms with Crippen molar-refractivity contribution in [1.82, 2.24) is 10.4 Å². The molecule has 0 aromatic carbocycles. The zero-order valence-electron chi connectivity index (χ0n) is 4.55. The second-order valence-corrected chi connectivity index (χ2v) is 1.10. The number of nitrogens with one attached hydrogen (secondary N) is 1. The van der Waals surface area contributed by atoms with Crippen LogP contribution >= 0.6 is 0 Å². The van der Waals surface area contributed by atoms with E-state index in [1.54, 1.807) is 19.1 Å². The van der Waals surface area contributed by atoms with Gasteiger partial charge in [-0.1, -0.05) is 0 Å². The minimum atomic E-state index is 1.47. The van der Waals surface area contributed by atoms with Gasteiger partial charge in [-0.05, 0) is 0 Å². The van der Waals surface area contributed by atoms with Gasteiger partial charge in [0, 0.05) is 14.1 Å². The van der Waals surface area contributed by atoms with Gasteiger partial charge < -0.3 is 10.9 Å².